The van der Waals surface area contributed by atoms with Crippen molar-refractivity contribution in [2.75, 3.05) is 20.4 Å². The van der Waals surface area contributed by atoms with E-state index in [0.29, 0.717) is 13.1 Å². The van der Waals surface area contributed by atoms with Crippen LogP contribution in [-0.4, -0.2) is 31.2 Å². The molecule has 168 valence electrons. The molecule has 1 aliphatic heterocycles. The Bertz CT molecular complexity index is 1030. The van der Waals surface area contributed by atoms with E-state index in [4.69, 9.17) is 18.9 Å². The molecule has 0 aliphatic carbocycles. The third kappa shape index (κ3) is 5.82. The number of nitrogens with one attached hydrogen (secondary N) is 2. The second kappa shape index (κ2) is 10.7. The highest BCUT2D eigenvalue weighted by molar-refractivity contribution is 5.79. The largest absolute Gasteiger partial charge is 0.468 e. The fraction of sp³-hybridized carbons (Fsp3) is 0.320. The molecule has 0 atom stereocenters. The number of nitrogens with zero attached hydrogens (tertiary/aromatic N) is 2. The van der Waals surface area contributed by atoms with Crippen LogP contribution in [-0.2, 0) is 26.2 Å². The molecule has 0 amide bonds. The Morgan fingerprint density at radius 1 is 0.969 bits per heavy atom. The average molecular weight is 435 g/mol. The number of rotatable bonds is 9. The van der Waals surface area contributed by atoms with Crippen molar-refractivity contribution in [3.8, 4) is 11.5 Å². The molecule has 1 aromatic heterocycles. The van der Waals surface area contributed by atoms with Gasteiger partial charge in [-0.3, -0.25) is 4.90 Å². The molecule has 4 rings (SSSR count). The van der Waals surface area contributed by atoms with Crippen LogP contribution in [0.3, 0.4) is 0 Å². The Balaban J connectivity index is 1.37. The first-order valence-corrected chi connectivity index (χ1v) is 10.9. The first-order valence-electron chi connectivity index (χ1n) is 10.9. The van der Waals surface area contributed by atoms with E-state index in [1.54, 1.807) is 6.26 Å². The Morgan fingerprint density at radius 2 is 1.81 bits per heavy atom. The summed E-state index contributed by atoms with van der Waals surface area (Å²) >= 11 is 0. The lowest BCUT2D eigenvalue weighted by atomic mass is 10.1. The standard InChI is InChI=1S/C25H30N4O3/c1-3-26-25(27-14-19-10-11-23-24(13-19)32-18-31-23)28-15-20-7-4-5-8-21(20)16-29(2)17-22-9-6-12-30-22/h4-13H,3,14-18H2,1-2H3,(H2,26,27,28). The van der Waals surface area contributed by atoms with Gasteiger partial charge in [-0.05, 0) is 54.9 Å². The lowest BCUT2D eigenvalue weighted by Gasteiger charge is -2.19. The zero-order valence-electron chi connectivity index (χ0n) is 18.6. The van der Waals surface area contributed by atoms with Crippen molar-refractivity contribution in [1.29, 1.82) is 0 Å². The van der Waals surface area contributed by atoms with Crippen LogP contribution in [0.4, 0.5) is 0 Å². The third-order valence-corrected chi connectivity index (χ3v) is 5.21. The highest BCUT2D eigenvalue weighted by Crippen LogP contribution is 2.32. The molecule has 7 nitrogen and oxygen atoms in total. The number of hydrogen-bond acceptors (Lipinski definition) is 5. The van der Waals surface area contributed by atoms with Crippen LogP contribution in [0.2, 0.25) is 0 Å². The maximum Gasteiger partial charge on any atom is 0.231 e. The van der Waals surface area contributed by atoms with Gasteiger partial charge < -0.3 is 24.5 Å². The normalized spacial score (nSPS) is 12.9. The van der Waals surface area contributed by atoms with Crippen LogP contribution < -0.4 is 20.1 Å². The zero-order valence-corrected chi connectivity index (χ0v) is 18.6. The van der Waals surface area contributed by atoms with Crippen molar-refractivity contribution in [2.45, 2.75) is 33.1 Å². The molecule has 32 heavy (non-hydrogen) atoms. The molecule has 0 radical (unpaired) electrons. The number of fused-ring (bicyclic) bond motifs is 1. The molecule has 2 heterocycles. The maximum atomic E-state index is 5.47. The monoisotopic (exact) mass is 434 g/mol. The minimum absolute atomic E-state index is 0.280. The Hall–Kier alpha value is -3.45. The van der Waals surface area contributed by atoms with E-state index < -0.39 is 0 Å². The Labute approximate surface area is 189 Å². The number of ether oxygens (including phenoxy) is 2. The van der Waals surface area contributed by atoms with Gasteiger partial charge in [0.1, 0.15) is 5.76 Å². The summed E-state index contributed by atoms with van der Waals surface area (Å²) in [5.74, 6) is 3.32. The van der Waals surface area contributed by atoms with Crippen molar-refractivity contribution >= 4 is 5.96 Å². The van der Waals surface area contributed by atoms with Crippen molar-refractivity contribution < 1.29 is 13.9 Å². The lowest BCUT2D eigenvalue weighted by Crippen LogP contribution is -2.37. The van der Waals surface area contributed by atoms with E-state index in [2.05, 4.69) is 53.8 Å². The van der Waals surface area contributed by atoms with Gasteiger partial charge in [-0.15, -0.1) is 0 Å². The number of aliphatic imine (C=N–C) groups is 1. The quantitative estimate of drug-likeness (QED) is 0.393. The zero-order chi connectivity index (χ0) is 22.2. The highest BCUT2D eigenvalue weighted by Gasteiger charge is 2.13. The number of furan rings is 1. The molecule has 7 heteroatoms. The molecule has 0 spiro atoms. The van der Waals surface area contributed by atoms with Crippen LogP contribution >= 0.6 is 0 Å². The van der Waals surface area contributed by atoms with Crippen LogP contribution in [0.1, 0.15) is 29.4 Å². The summed E-state index contributed by atoms with van der Waals surface area (Å²) in [4.78, 5) is 6.99. The van der Waals surface area contributed by atoms with Gasteiger partial charge >= 0.3 is 0 Å². The topological polar surface area (TPSA) is 71.3 Å². The predicted octanol–water partition coefficient (Wildman–Crippen LogP) is 3.90. The minimum Gasteiger partial charge on any atom is -0.468 e. The summed E-state index contributed by atoms with van der Waals surface area (Å²) in [6, 6.07) is 18.3. The molecule has 3 aromatic rings. The molecule has 0 unspecified atom stereocenters. The van der Waals surface area contributed by atoms with Crippen LogP contribution in [0.5, 0.6) is 11.5 Å². The second-order valence-electron chi connectivity index (χ2n) is 7.76. The van der Waals surface area contributed by atoms with Gasteiger partial charge in [0.2, 0.25) is 6.79 Å². The summed E-state index contributed by atoms with van der Waals surface area (Å²) < 4.78 is 16.3. The van der Waals surface area contributed by atoms with Crippen molar-refractivity contribution in [3.05, 3.63) is 83.3 Å². The number of guanidine groups is 1. The molecule has 0 fully saturated rings. The van der Waals surface area contributed by atoms with Gasteiger partial charge in [-0.1, -0.05) is 30.3 Å². The molecular formula is C25H30N4O3. The predicted molar refractivity (Wildman–Crippen MR) is 125 cm³/mol. The SMILES string of the molecule is CCNC(=NCc1ccc2c(c1)OCO2)NCc1ccccc1CN(C)Cc1ccco1. The molecule has 0 saturated heterocycles. The molecule has 1 aliphatic rings. The van der Waals surface area contributed by atoms with Crippen LogP contribution in [0, 0.1) is 0 Å². The van der Waals surface area contributed by atoms with Crippen LogP contribution in [0.15, 0.2) is 70.3 Å². The van der Waals surface area contributed by atoms with Crippen molar-refractivity contribution in [1.82, 2.24) is 15.5 Å². The summed E-state index contributed by atoms with van der Waals surface area (Å²) in [6.45, 7) is 5.99. The number of hydrogen-bond donors (Lipinski definition) is 2. The lowest BCUT2D eigenvalue weighted by molar-refractivity contribution is 0.174. The van der Waals surface area contributed by atoms with E-state index in [1.807, 2.05) is 30.3 Å². The number of benzene rings is 2. The fourth-order valence-corrected chi connectivity index (χ4v) is 3.63. The molecule has 0 bridgehead atoms. The summed E-state index contributed by atoms with van der Waals surface area (Å²) in [7, 11) is 2.10. The fourth-order valence-electron chi connectivity index (χ4n) is 3.63. The van der Waals surface area contributed by atoms with E-state index in [1.165, 1.54) is 11.1 Å². The molecular weight excluding hydrogens is 404 g/mol. The first kappa shape index (κ1) is 21.8. The Morgan fingerprint density at radius 3 is 2.62 bits per heavy atom. The van der Waals surface area contributed by atoms with E-state index in [9.17, 15) is 0 Å². The smallest absolute Gasteiger partial charge is 0.231 e. The van der Waals surface area contributed by atoms with Gasteiger partial charge in [0.05, 0.1) is 19.4 Å². The third-order valence-electron chi connectivity index (χ3n) is 5.21. The molecule has 2 N–H and O–H groups in total. The summed E-state index contributed by atoms with van der Waals surface area (Å²) in [6.07, 6.45) is 1.71. The van der Waals surface area contributed by atoms with Gasteiger partial charge in [-0.25, -0.2) is 4.99 Å². The Kier molecular flexibility index (Phi) is 7.30. The second-order valence-corrected chi connectivity index (χ2v) is 7.76. The molecule has 0 saturated carbocycles. The van der Waals surface area contributed by atoms with Crippen molar-refractivity contribution in [2.24, 2.45) is 4.99 Å². The first-order chi connectivity index (χ1) is 15.7. The maximum absolute atomic E-state index is 5.47. The van der Waals surface area contributed by atoms with E-state index in [-0.39, 0.29) is 6.79 Å². The van der Waals surface area contributed by atoms with Gasteiger partial charge in [0.15, 0.2) is 17.5 Å². The summed E-state index contributed by atoms with van der Waals surface area (Å²) in [5.41, 5.74) is 3.60. The van der Waals surface area contributed by atoms with Crippen molar-refractivity contribution in [3.63, 3.8) is 0 Å². The summed E-state index contributed by atoms with van der Waals surface area (Å²) in [5, 5.41) is 6.79. The van der Waals surface area contributed by atoms with Gasteiger partial charge in [-0.2, -0.15) is 0 Å². The van der Waals surface area contributed by atoms with Crippen LogP contribution in [0.25, 0.3) is 0 Å². The van der Waals surface area contributed by atoms with Gasteiger partial charge in [0.25, 0.3) is 0 Å². The minimum atomic E-state index is 0.280. The van der Waals surface area contributed by atoms with E-state index in [0.717, 1.165) is 48.4 Å². The average Bonchev–Trinajstić information content (AvgIpc) is 3.48. The van der Waals surface area contributed by atoms with E-state index >= 15 is 0 Å². The molecule has 2 aromatic carbocycles. The van der Waals surface area contributed by atoms with Gasteiger partial charge in [0, 0.05) is 19.6 Å². The highest BCUT2D eigenvalue weighted by atomic mass is 16.7.